The Hall–Kier alpha value is -1.06. The fourth-order valence-electron chi connectivity index (χ4n) is 4.15. The summed E-state index contributed by atoms with van der Waals surface area (Å²) in [6.07, 6.45) is 0.186. The highest BCUT2D eigenvalue weighted by molar-refractivity contribution is 6.31. The lowest BCUT2D eigenvalue weighted by atomic mass is 9.54. The van der Waals surface area contributed by atoms with E-state index in [9.17, 15) is 5.11 Å². The fourth-order valence-corrected chi connectivity index (χ4v) is 4.51. The first-order chi connectivity index (χ1) is 10.1. The number of fused-ring (bicyclic) bond motifs is 1. The van der Waals surface area contributed by atoms with Crippen molar-refractivity contribution in [3.05, 3.63) is 68.7 Å². The molecule has 4 heteroatoms. The van der Waals surface area contributed by atoms with Crippen LogP contribution in [0.1, 0.15) is 34.6 Å². The highest BCUT2D eigenvalue weighted by Gasteiger charge is 2.53. The van der Waals surface area contributed by atoms with Gasteiger partial charge in [-0.2, -0.15) is 0 Å². The molecule has 3 atom stereocenters. The molecule has 2 nitrogen and oxygen atoms in total. The quantitative estimate of drug-likeness (QED) is 0.845. The third-order valence-corrected chi connectivity index (χ3v) is 5.56. The van der Waals surface area contributed by atoms with Crippen LogP contribution in [0.4, 0.5) is 0 Å². The zero-order valence-electron chi connectivity index (χ0n) is 11.3. The van der Waals surface area contributed by atoms with Crippen molar-refractivity contribution in [2.24, 2.45) is 5.73 Å². The van der Waals surface area contributed by atoms with Gasteiger partial charge in [-0.25, -0.2) is 0 Å². The summed E-state index contributed by atoms with van der Waals surface area (Å²) < 4.78 is 0. The van der Waals surface area contributed by atoms with E-state index in [1.807, 2.05) is 30.3 Å². The molecule has 108 valence electrons. The van der Waals surface area contributed by atoms with Crippen LogP contribution in [0.3, 0.4) is 0 Å². The first kappa shape index (κ1) is 13.6. The van der Waals surface area contributed by atoms with Gasteiger partial charge < -0.3 is 10.8 Å². The second-order valence-electron chi connectivity index (χ2n) is 5.94. The average molecular weight is 320 g/mol. The van der Waals surface area contributed by atoms with Crippen molar-refractivity contribution >= 4 is 23.2 Å². The molecule has 3 N–H and O–H groups in total. The monoisotopic (exact) mass is 319 g/mol. The molecule has 21 heavy (non-hydrogen) atoms. The SMILES string of the molecule is NCC12c3ccc(Cl)cc3C(CC1O)c1ccc(Cl)cc12. The molecule has 0 amide bonds. The van der Waals surface area contributed by atoms with Gasteiger partial charge in [0.25, 0.3) is 0 Å². The van der Waals surface area contributed by atoms with Gasteiger partial charge in [0.05, 0.1) is 11.5 Å². The summed E-state index contributed by atoms with van der Waals surface area (Å²) in [7, 11) is 0. The van der Waals surface area contributed by atoms with Crippen molar-refractivity contribution in [3.63, 3.8) is 0 Å². The van der Waals surface area contributed by atoms with E-state index in [4.69, 9.17) is 28.9 Å². The van der Waals surface area contributed by atoms with E-state index in [0.29, 0.717) is 18.0 Å². The van der Waals surface area contributed by atoms with Gasteiger partial charge in [-0.15, -0.1) is 0 Å². The summed E-state index contributed by atoms with van der Waals surface area (Å²) in [6.45, 7) is 0.350. The summed E-state index contributed by atoms with van der Waals surface area (Å²) in [4.78, 5) is 0. The third-order valence-electron chi connectivity index (χ3n) is 5.09. The Bertz CT molecular complexity index is 746. The molecule has 0 radical (unpaired) electrons. The molecule has 5 rings (SSSR count). The Labute approximate surface area is 133 Å². The number of rotatable bonds is 1. The Morgan fingerprint density at radius 1 is 1.05 bits per heavy atom. The normalized spacial score (nSPS) is 29.1. The van der Waals surface area contributed by atoms with Crippen molar-refractivity contribution in [2.75, 3.05) is 6.54 Å². The van der Waals surface area contributed by atoms with Gasteiger partial charge in [0, 0.05) is 22.5 Å². The predicted octanol–water partition coefficient (Wildman–Crippen LogP) is 3.45. The van der Waals surface area contributed by atoms with Gasteiger partial charge in [0.15, 0.2) is 0 Å². The Balaban J connectivity index is 2.10. The number of nitrogens with two attached hydrogens (primary N) is 1. The van der Waals surface area contributed by atoms with Crippen molar-refractivity contribution in [1.82, 2.24) is 0 Å². The van der Waals surface area contributed by atoms with Crippen LogP contribution in [-0.2, 0) is 5.41 Å². The minimum Gasteiger partial charge on any atom is -0.392 e. The maximum Gasteiger partial charge on any atom is 0.0698 e. The molecule has 3 aliphatic rings. The molecule has 0 saturated heterocycles. The number of hydrogen-bond acceptors (Lipinski definition) is 2. The van der Waals surface area contributed by atoms with Crippen LogP contribution in [0.5, 0.6) is 0 Å². The lowest BCUT2D eigenvalue weighted by molar-refractivity contribution is 0.0724. The molecule has 0 aliphatic heterocycles. The van der Waals surface area contributed by atoms with E-state index in [1.165, 1.54) is 11.1 Å². The van der Waals surface area contributed by atoms with Crippen LogP contribution in [0.25, 0.3) is 0 Å². The Morgan fingerprint density at radius 2 is 1.76 bits per heavy atom. The van der Waals surface area contributed by atoms with Gasteiger partial charge >= 0.3 is 0 Å². The van der Waals surface area contributed by atoms with Crippen molar-refractivity contribution in [3.8, 4) is 0 Å². The second kappa shape index (κ2) is 4.47. The summed E-state index contributed by atoms with van der Waals surface area (Å²) >= 11 is 12.4. The summed E-state index contributed by atoms with van der Waals surface area (Å²) in [6, 6.07) is 11.8. The maximum atomic E-state index is 10.7. The Kier molecular flexibility index (Phi) is 2.89. The molecule has 0 saturated carbocycles. The standard InChI is InChI=1S/C17H15Cl2NO/c18-9-2-4-14-13(5-9)12-7-16(21)17(14,8-20)15-6-10(19)1-3-11(12)15/h1-6,12,16,21H,7-8,20H2. The molecule has 2 bridgehead atoms. The molecule has 0 spiro atoms. The summed E-state index contributed by atoms with van der Waals surface area (Å²) in [5, 5.41) is 12.1. The molecule has 2 aromatic rings. The number of aliphatic hydroxyl groups is 1. The van der Waals surface area contributed by atoms with Crippen LogP contribution in [-0.4, -0.2) is 17.8 Å². The second-order valence-corrected chi connectivity index (χ2v) is 6.82. The van der Waals surface area contributed by atoms with Crippen LogP contribution < -0.4 is 5.73 Å². The maximum absolute atomic E-state index is 10.7. The summed E-state index contributed by atoms with van der Waals surface area (Å²) in [5.41, 5.74) is 10.1. The van der Waals surface area contributed by atoms with Crippen molar-refractivity contribution in [2.45, 2.75) is 23.9 Å². The number of hydrogen-bond donors (Lipinski definition) is 2. The molecule has 0 aromatic heterocycles. The topological polar surface area (TPSA) is 46.2 Å². The van der Waals surface area contributed by atoms with Crippen molar-refractivity contribution < 1.29 is 5.11 Å². The van der Waals surface area contributed by atoms with E-state index < -0.39 is 11.5 Å². The van der Waals surface area contributed by atoms with Gasteiger partial charge in [-0.05, 0) is 52.9 Å². The summed E-state index contributed by atoms with van der Waals surface area (Å²) in [5.74, 6) is 0.161. The fraction of sp³-hybridized carbons (Fsp3) is 0.294. The zero-order valence-corrected chi connectivity index (χ0v) is 12.8. The average Bonchev–Trinajstić information content (AvgIpc) is 2.47. The van der Waals surface area contributed by atoms with E-state index in [2.05, 4.69) is 6.07 Å². The van der Waals surface area contributed by atoms with E-state index in [-0.39, 0.29) is 5.92 Å². The third kappa shape index (κ3) is 1.62. The van der Waals surface area contributed by atoms with E-state index >= 15 is 0 Å². The lowest BCUT2D eigenvalue weighted by Crippen LogP contribution is -2.54. The van der Waals surface area contributed by atoms with E-state index in [0.717, 1.165) is 16.1 Å². The van der Waals surface area contributed by atoms with Gasteiger partial charge in [0.1, 0.15) is 0 Å². The highest BCUT2D eigenvalue weighted by Crippen LogP contribution is 2.56. The molecule has 3 aliphatic carbocycles. The predicted molar refractivity (Wildman–Crippen MR) is 85.2 cm³/mol. The van der Waals surface area contributed by atoms with Gasteiger partial charge in [-0.3, -0.25) is 0 Å². The first-order valence-electron chi connectivity index (χ1n) is 7.06. The molecular weight excluding hydrogens is 305 g/mol. The number of aliphatic hydroxyl groups excluding tert-OH is 1. The number of benzene rings is 2. The number of halogens is 2. The van der Waals surface area contributed by atoms with Gasteiger partial charge in [-0.1, -0.05) is 35.3 Å². The molecular formula is C17H15Cl2NO. The molecule has 0 fully saturated rings. The highest BCUT2D eigenvalue weighted by atomic mass is 35.5. The van der Waals surface area contributed by atoms with Crippen molar-refractivity contribution in [1.29, 1.82) is 0 Å². The minimum absolute atomic E-state index is 0.161. The van der Waals surface area contributed by atoms with Crippen LogP contribution in [0, 0.1) is 0 Å². The largest absolute Gasteiger partial charge is 0.392 e. The zero-order chi connectivity index (χ0) is 14.8. The molecule has 3 unspecified atom stereocenters. The first-order valence-corrected chi connectivity index (χ1v) is 7.81. The smallest absolute Gasteiger partial charge is 0.0698 e. The minimum atomic E-state index is -0.574. The van der Waals surface area contributed by atoms with Crippen LogP contribution in [0.2, 0.25) is 10.0 Å². The molecule has 2 aromatic carbocycles. The van der Waals surface area contributed by atoms with Crippen LogP contribution in [0.15, 0.2) is 36.4 Å². The van der Waals surface area contributed by atoms with Crippen LogP contribution >= 0.6 is 23.2 Å². The Morgan fingerprint density at radius 3 is 2.52 bits per heavy atom. The van der Waals surface area contributed by atoms with Gasteiger partial charge in [0.2, 0.25) is 0 Å². The van der Waals surface area contributed by atoms with E-state index in [1.54, 1.807) is 0 Å². The lowest BCUT2D eigenvalue weighted by Gasteiger charge is -2.52. The molecule has 0 heterocycles.